The van der Waals surface area contributed by atoms with E-state index >= 15 is 0 Å². The molecule has 6 atom stereocenters. The maximum Gasteiger partial charge on any atom is 0.139 e. The lowest BCUT2D eigenvalue weighted by Crippen LogP contribution is -2.52. The summed E-state index contributed by atoms with van der Waals surface area (Å²) < 4.78 is 0. The summed E-state index contributed by atoms with van der Waals surface area (Å²) in [4.78, 5) is 12.4. The fourth-order valence-electron chi connectivity index (χ4n) is 6.61. The van der Waals surface area contributed by atoms with Gasteiger partial charge in [0.05, 0.1) is 0 Å². The van der Waals surface area contributed by atoms with Crippen LogP contribution in [0.1, 0.15) is 65.2 Å². The SMILES string of the molecule is C[C@]12CC=CC[C@H]1CC[C@@H]1[C@@H]2CC[C@]2(C)C(=O)CC[C@@H]12. The molecule has 0 radical (unpaired) electrons. The van der Waals surface area contributed by atoms with Crippen molar-refractivity contribution in [3.05, 3.63) is 12.2 Å². The quantitative estimate of drug-likeness (QED) is 0.581. The van der Waals surface area contributed by atoms with Gasteiger partial charge >= 0.3 is 0 Å². The van der Waals surface area contributed by atoms with E-state index in [2.05, 4.69) is 26.0 Å². The highest BCUT2D eigenvalue weighted by Gasteiger charge is 2.59. The Hall–Kier alpha value is -0.590. The topological polar surface area (TPSA) is 17.1 Å². The zero-order valence-electron chi connectivity index (χ0n) is 13.0. The minimum atomic E-state index is 0.0505. The summed E-state index contributed by atoms with van der Waals surface area (Å²) in [6.07, 6.45) is 14.8. The van der Waals surface area contributed by atoms with Crippen molar-refractivity contribution in [3.8, 4) is 0 Å². The van der Waals surface area contributed by atoms with E-state index in [4.69, 9.17) is 0 Å². The second-order valence-electron chi connectivity index (χ2n) is 8.49. The Kier molecular flexibility index (Phi) is 2.76. The van der Waals surface area contributed by atoms with Crippen molar-refractivity contribution >= 4 is 5.78 Å². The highest BCUT2D eigenvalue weighted by molar-refractivity contribution is 5.87. The van der Waals surface area contributed by atoms with Crippen LogP contribution in [0.25, 0.3) is 0 Å². The maximum atomic E-state index is 12.4. The number of ketones is 1. The fourth-order valence-corrected chi connectivity index (χ4v) is 6.61. The Bertz CT molecular complexity index is 464. The van der Waals surface area contributed by atoms with Crippen molar-refractivity contribution < 1.29 is 4.79 Å². The molecule has 0 saturated heterocycles. The van der Waals surface area contributed by atoms with Crippen molar-refractivity contribution in [1.29, 1.82) is 0 Å². The summed E-state index contributed by atoms with van der Waals surface area (Å²) >= 11 is 0. The van der Waals surface area contributed by atoms with Gasteiger partial charge in [-0.15, -0.1) is 0 Å². The Labute approximate surface area is 123 Å². The third kappa shape index (κ3) is 1.53. The van der Waals surface area contributed by atoms with Crippen LogP contribution in [0.5, 0.6) is 0 Å². The first-order chi connectivity index (χ1) is 9.56. The van der Waals surface area contributed by atoms with Gasteiger partial charge in [0.25, 0.3) is 0 Å². The molecule has 0 unspecified atom stereocenters. The van der Waals surface area contributed by atoms with Gasteiger partial charge in [0.1, 0.15) is 5.78 Å². The molecule has 0 amide bonds. The molecule has 4 aliphatic carbocycles. The van der Waals surface area contributed by atoms with Gasteiger partial charge in [-0.25, -0.2) is 0 Å². The van der Waals surface area contributed by atoms with Crippen molar-refractivity contribution in [1.82, 2.24) is 0 Å². The molecule has 0 aromatic rings. The lowest BCUT2D eigenvalue weighted by atomic mass is 9.46. The summed E-state index contributed by atoms with van der Waals surface area (Å²) in [7, 11) is 0. The number of allylic oxidation sites excluding steroid dienone is 2. The third-order valence-electron chi connectivity index (χ3n) is 7.92. The van der Waals surface area contributed by atoms with Gasteiger partial charge in [-0.1, -0.05) is 26.0 Å². The molecule has 110 valence electrons. The number of carbonyl (C=O) groups excluding carboxylic acids is 1. The largest absolute Gasteiger partial charge is 0.299 e. The fraction of sp³-hybridized carbons (Fsp3) is 0.842. The third-order valence-corrected chi connectivity index (χ3v) is 7.92. The van der Waals surface area contributed by atoms with Crippen LogP contribution in [0.15, 0.2) is 12.2 Å². The van der Waals surface area contributed by atoms with E-state index in [-0.39, 0.29) is 5.41 Å². The normalized spacial score (nSPS) is 54.2. The molecule has 1 nitrogen and oxygen atoms in total. The van der Waals surface area contributed by atoms with E-state index in [0.29, 0.717) is 17.1 Å². The van der Waals surface area contributed by atoms with E-state index < -0.39 is 0 Å². The average Bonchev–Trinajstić information content (AvgIpc) is 2.74. The van der Waals surface area contributed by atoms with Crippen LogP contribution in [-0.4, -0.2) is 5.78 Å². The van der Waals surface area contributed by atoms with Crippen molar-refractivity contribution in [2.24, 2.45) is 34.5 Å². The number of carbonyl (C=O) groups is 1. The zero-order valence-corrected chi connectivity index (χ0v) is 13.0. The molecule has 1 heteroatoms. The first-order valence-electron chi connectivity index (χ1n) is 8.74. The number of rotatable bonds is 0. The van der Waals surface area contributed by atoms with E-state index in [1.807, 2.05) is 0 Å². The summed E-state index contributed by atoms with van der Waals surface area (Å²) in [5.74, 6) is 3.92. The van der Waals surface area contributed by atoms with Crippen LogP contribution in [0.4, 0.5) is 0 Å². The molecule has 4 aliphatic rings. The minimum absolute atomic E-state index is 0.0505. The molecular weight excluding hydrogens is 244 g/mol. The van der Waals surface area contributed by atoms with E-state index in [1.54, 1.807) is 0 Å². The predicted octanol–water partition coefficient (Wildman–Crippen LogP) is 4.76. The molecule has 0 bridgehead atoms. The maximum absolute atomic E-state index is 12.4. The lowest BCUT2D eigenvalue weighted by Gasteiger charge is -2.58. The predicted molar refractivity (Wildman–Crippen MR) is 81.3 cm³/mol. The Balaban J connectivity index is 1.68. The number of fused-ring (bicyclic) bond motifs is 5. The molecule has 0 aliphatic heterocycles. The van der Waals surface area contributed by atoms with Gasteiger partial charge in [0.2, 0.25) is 0 Å². The number of hydrogen-bond acceptors (Lipinski definition) is 1. The van der Waals surface area contributed by atoms with Crippen LogP contribution >= 0.6 is 0 Å². The zero-order chi connectivity index (χ0) is 14.0. The molecule has 0 spiro atoms. The van der Waals surface area contributed by atoms with Crippen LogP contribution in [0.2, 0.25) is 0 Å². The Morgan fingerprint density at radius 1 is 1.05 bits per heavy atom. The van der Waals surface area contributed by atoms with Crippen LogP contribution in [0, 0.1) is 34.5 Å². The number of Topliss-reactive ketones (excluding diaryl/α,β-unsaturated/α-hetero) is 1. The van der Waals surface area contributed by atoms with Crippen molar-refractivity contribution in [3.63, 3.8) is 0 Å². The van der Waals surface area contributed by atoms with Crippen molar-refractivity contribution in [2.45, 2.75) is 65.2 Å². The van der Waals surface area contributed by atoms with Crippen LogP contribution in [-0.2, 0) is 4.79 Å². The van der Waals surface area contributed by atoms with Crippen LogP contribution < -0.4 is 0 Å². The molecule has 20 heavy (non-hydrogen) atoms. The summed E-state index contributed by atoms with van der Waals surface area (Å²) in [6.45, 7) is 4.86. The first-order valence-corrected chi connectivity index (χ1v) is 8.74. The van der Waals surface area contributed by atoms with Gasteiger partial charge in [0, 0.05) is 11.8 Å². The summed E-state index contributed by atoms with van der Waals surface area (Å²) in [5, 5.41) is 0. The Morgan fingerprint density at radius 2 is 1.90 bits per heavy atom. The molecule has 0 aromatic heterocycles. The highest BCUT2D eigenvalue weighted by Crippen LogP contribution is 2.64. The molecule has 0 heterocycles. The van der Waals surface area contributed by atoms with Crippen molar-refractivity contribution in [2.75, 3.05) is 0 Å². The minimum Gasteiger partial charge on any atom is -0.299 e. The Morgan fingerprint density at radius 3 is 2.75 bits per heavy atom. The van der Waals surface area contributed by atoms with Gasteiger partial charge in [-0.3, -0.25) is 4.79 Å². The lowest BCUT2D eigenvalue weighted by molar-refractivity contribution is -0.136. The molecule has 0 aromatic carbocycles. The van der Waals surface area contributed by atoms with E-state index in [1.165, 1.54) is 44.9 Å². The molecule has 4 rings (SSSR count). The smallest absolute Gasteiger partial charge is 0.139 e. The number of hydrogen-bond donors (Lipinski definition) is 0. The first kappa shape index (κ1) is 13.1. The van der Waals surface area contributed by atoms with E-state index in [0.717, 1.165) is 24.2 Å². The summed E-state index contributed by atoms with van der Waals surface area (Å²) in [6, 6.07) is 0. The molecule has 0 N–H and O–H groups in total. The monoisotopic (exact) mass is 272 g/mol. The second-order valence-corrected chi connectivity index (χ2v) is 8.49. The van der Waals surface area contributed by atoms with Crippen LogP contribution in [0.3, 0.4) is 0 Å². The summed E-state index contributed by atoms with van der Waals surface area (Å²) in [5.41, 5.74) is 0.583. The second kappa shape index (κ2) is 4.21. The molecule has 3 fully saturated rings. The van der Waals surface area contributed by atoms with E-state index in [9.17, 15) is 4.79 Å². The standard InChI is InChI=1S/C19H28O/c1-18-11-4-3-5-13(18)6-7-14-15-8-9-17(20)19(15,2)12-10-16(14)18/h3-4,13-16H,5-12H2,1-2H3/t13-,14-,15-,16-,18-,19-/m0/s1. The molecule has 3 saturated carbocycles. The highest BCUT2D eigenvalue weighted by atomic mass is 16.1. The van der Waals surface area contributed by atoms with Gasteiger partial charge in [0.15, 0.2) is 0 Å². The van der Waals surface area contributed by atoms with Gasteiger partial charge in [-0.05, 0) is 74.0 Å². The molecular formula is C19H28O. The average molecular weight is 272 g/mol. The van der Waals surface area contributed by atoms with Gasteiger partial charge in [-0.2, -0.15) is 0 Å². The van der Waals surface area contributed by atoms with Gasteiger partial charge < -0.3 is 0 Å².